The van der Waals surface area contributed by atoms with Gasteiger partial charge >= 0.3 is 18.1 Å². The van der Waals surface area contributed by atoms with Gasteiger partial charge in [0.05, 0.1) is 12.6 Å². The summed E-state index contributed by atoms with van der Waals surface area (Å²) in [6.07, 6.45) is -4.69. The second kappa shape index (κ2) is 6.71. The maximum absolute atomic E-state index is 12.5. The van der Waals surface area contributed by atoms with E-state index in [0.29, 0.717) is 5.56 Å². The predicted octanol–water partition coefficient (Wildman–Crippen LogP) is 3.19. The second-order valence-electron chi connectivity index (χ2n) is 5.73. The number of carbonyl (C=O) groups is 1. The molecule has 2 aromatic rings. The van der Waals surface area contributed by atoms with Gasteiger partial charge in [-0.25, -0.2) is 9.86 Å². The molecule has 2 amide bonds. The number of hydrogen-bond acceptors (Lipinski definition) is 5. The van der Waals surface area contributed by atoms with Crippen LogP contribution in [0.25, 0.3) is 11.4 Å². The number of carbonyl (C=O) groups excluding carboxylic acids is 1. The van der Waals surface area contributed by atoms with E-state index >= 15 is 0 Å². The quantitative estimate of drug-likeness (QED) is 0.849. The molecular weight excluding hydrogens is 341 g/mol. The molecule has 7 nitrogen and oxygen atoms in total. The van der Waals surface area contributed by atoms with Crippen molar-refractivity contribution in [1.29, 1.82) is 0 Å². The fourth-order valence-electron chi connectivity index (χ4n) is 1.99. The Bertz CT molecular complexity index is 741. The summed E-state index contributed by atoms with van der Waals surface area (Å²) in [7, 11) is 2.82. The lowest BCUT2D eigenvalue weighted by Crippen LogP contribution is -2.46. The Labute approximate surface area is 141 Å². The highest BCUT2D eigenvalue weighted by atomic mass is 19.4. The molecule has 1 aromatic heterocycles. The minimum atomic E-state index is -4.69. The first-order valence-electron chi connectivity index (χ1n) is 7.16. The van der Waals surface area contributed by atoms with Crippen molar-refractivity contribution in [3.63, 3.8) is 0 Å². The van der Waals surface area contributed by atoms with Gasteiger partial charge in [0.1, 0.15) is 0 Å². The molecule has 0 bridgehead atoms. The van der Waals surface area contributed by atoms with Gasteiger partial charge in [-0.2, -0.15) is 18.2 Å². The molecule has 0 radical (unpaired) electrons. The van der Waals surface area contributed by atoms with Crippen molar-refractivity contribution in [2.24, 2.45) is 0 Å². The van der Waals surface area contributed by atoms with Gasteiger partial charge in [0, 0.05) is 12.6 Å². The summed E-state index contributed by atoms with van der Waals surface area (Å²) in [6.45, 7) is 3.55. The molecule has 2 rings (SSSR count). The average Bonchev–Trinajstić information content (AvgIpc) is 3.04. The normalized spacial score (nSPS) is 12.1. The molecule has 1 N–H and O–H groups in total. The topological polar surface area (TPSA) is 80.5 Å². The highest BCUT2D eigenvalue weighted by molar-refractivity contribution is 5.74. The van der Waals surface area contributed by atoms with Gasteiger partial charge in [0.2, 0.25) is 5.82 Å². The van der Waals surface area contributed by atoms with Crippen LogP contribution in [0.3, 0.4) is 0 Å². The molecule has 25 heavy (non-hydrogen) atoms. The number of hydroxylamine groups is 2. The molecule has 1 heterocycles. The number of aromatic nitrogens is 2. The number of benzene rings is 1. The maximum atomic E-state index is 12.5. The van der Waals surface area contributed by atoms with Gasteiger partial charge in [-0.05, 0) is 19.4 Å². The summed E-state index contributed by atoms with van der Waals surface area (Å²) in [4.78, 5) is 20.0. The lowest BCUT2D eigenvalue weighted by molar-refractivity contribution is -0.159. The molecule has 0 aliphatic heterocycles. The maximum Gasteiger partial charge on any atom is 0.471 e. The standard InChI is InChI=1S/C15H17F3N4O3/c1-14(2,20-13(23)22(3)24-4)10-7-5-9(6-8-10)11-19-12(25-21-11)15(16,17)18/h5-8H,1-4H3,(H,20,23). The SMILES string of the molecule is CON(C)C(=O)NC(C)(C)c1ccc(-c2noc(C(F)(F)F)n2)cc1. The molecule has 0 fully saturated rings. The number of amides is 2. The first-order chi connectivity index (χ1) is 11.5. The van der Waals surface area contributed by atoms with E-state index in [-0.39, 0.29) is 5.82 Å². The first kappa shape index (κ1) is 18.7. The Morgan fingerprint density at radius 1 is 1.24 bits per heavy atom. The van der Waals surface area contributed by atoms with E-state index in [2.05, 4.69) is 20.0 Å². The smallest absolute Gasteiger partial charge is 0.329 e. The fraction of sp³-hybridized carbons (Fsp3) is 0.400. The molecule has 0 spiro atoms. The molecular formula is C15H17F3N4O3. The van der Waals surface area contributed by atoms with Crippen LogP contribution in [-0.4, -0.2) is 35.4 Å². The van der Waals surface area contributed by atoms with Crippen molar-refractivity contribution in [1.82, 2.24) is 20.5 Å². The van der Waals surface area contributed by atoms with E-state index in [9.17, 15) is 18.0 Å². The Hall–Kier alpha value is -2.62. The number of hydrogen-bond donors (Lipinski definition) is 1. The number of nitrogens with zero attached hydrogens (tertiary/aromatic N) is 3. The van der Waals surface area contributed by atoms with Crippen molar-refractivity contribution in [2.45, 2.75) is 25.6 Å². The summed E-state index contributed by atoms with van der Waals surface area (Å²) < 4.78 is 41.7. The van der Waals surface area contributed by atoms with Gasteiger partial charge in [-0.3, -0.25) is 4.84 Å². The number of rotatable bonds is 4. The largest absolute Gasteiger partial charge is 0.471 e. The van der Waals surface area contributed by atoms with Crippen LogP contribution in [0.2, 0.25) is 0 Å². The van der Waals surface area contributed by atoms with Gasteiger partial charge in [0.25, 0.3) is 0 Å². The third-order valence-corrected chi connectivity index (χ3v) is 3.51. The molecule has 0 atom stereocenters. The zero-order chi connectivity index (χ0) is 18.8. The minimum absolute atomic E-state index is 0.167. The van der Waals surface area contributed by atoms with Gasteiger partial charge < -0.3 is 9.84 Å². The number of urea groups is 1. The zero-order valence-electron chi connectivity index (χ0n) is 14.0. The van der Waals surface area contributed by atoms with E-state index in [1.807, 2.05) is 0 Å². The van der Waals surface area contributed by atoms with Crippen LogP contribution >= 0.6 is 0 Å². The molecule has 0 unspecified atom stereocenters. The summed E-state index contributed by atoms with van der Waals surface area (Å²) in [6, 6.07) is 5.98. The molecule has 0 saturated carbocycles. The minimum Gasteiger partial charge on any atom is -0.329 e. The van der Waals surface area contributed by atoms with Gasteiger partial charge in [0.15, 0.2) is 0 Å². The molecule has 0 aliphatic carbocycles. The van der Waals surface area contributed by atoms with Crippen LogP contribution in [0.4, 0.5) is 18.0 Å². The summed E-state index contributed by atoms with van der Waals surface area (Å²) in [5.41, 5.74) is 0.351. The van der Waals surface area contributed by atoms with Crippen molar-refractivity contribution in [3.05, 3.63) is 35.7 Å². The summed E-state index contributed by atoms with van der Waals surface area (Å²) in [5, 5.41) is 7.13. The van der Waals surface area contributed by atoms with Crippen molar-refractivity contribution >= 4 is 6.03 Å². The van der Waals surface area contributed by atoms with Gasteiger partial charge in [-0.1, -0.05) is 29.4 Å². The predicted molar refractivity (Wildman–Crippen MR) is 81.1 cm³/mol. The fourth-order valence-corrected chi connectivity index (χ4v) is 1.99. The van der Waals surface area contributed by atoms with Crippen LogP contribution < -0.4 is 5.32 Å². The summed E-state index contributed by atoms with van der Waals surface area (Å²) in [5.74, 6) is -1.57. The van der Waals surface area contributed by atoms with Crippen LogP contribution in [0.5, 0.6) is 0 Å². The Kier molecular flexibility index (Phi) is 5.02. The van der Waals surface area contributed by atoms with Crippen LogP contribution in [-0.2, 0) is 16.6 Å². The van der Waals surface area contributed by atoms with Crippen LogP contribution in [0.15, 0.2) is 28.8 Å². The highest BCUT2D eigenvalue weighted by Crippen LogP contribution is 2.30. The average molecular weight is 358 g/mol. The monoisotopic (exact) mass is 358 g/mol. The van der Waals surface area contributed by atoms with Crippen molar-refractivity contribution < 1.29 is 27.3 Å². The van der Waals surface area contributed by atoms with E-state index in [1.165, 1.54) is 14.2 Å². The number of halogens is 3. The lowest BCUT2D eigenvalue weighted by atomic mass is 9.93. The molecule has 0 saturated heterocycles. The summed E-state index contributed by atoms with van der Waals surface area (Å²) >= 11 is 0. The third-order valence-electron chi connectivity index (χ3n) is 3.51. The van der Waals surface area contributed by atoms with Crippen LogP contribution in [0.1, 0.15) is 25.3 Å². The van der Waals surface area contributed by atoms with E-state index < -0.39 is 23.6 Å². The molecule has 136 valence electrons. The highest BCUT2D eigenvalue weighted by Gasteiger charge is 2.38. The third kappa shape index (κ3) is 4.27. The van der Waals surface area contributed by atoms with Crippen molar-refractivity contribution in [3.8, 4) is 11.4 Å². The Morgan fingerprint density at radius 2 is 1.84 bits per heavy atom. The zero-order valence-corrected chi connectivity index (χ0v) is 14.0. The molecule has 10 heteroatoms. The van der Waals surface area contributed by atoms with E-state index in [4.69, 9.17) is 4.84 Å². The van der Waals surface area contributed by atoms with Crippen molar-refractivity contribution in [2.75, 3.05) is 14.2 Å². The molecule has 1 aromatic carbocycles. The number of nitrogens with one attached hydrogen (secondary N) is 1. The Morgan fingerprint density at radius 3 is 2.32 bits per heavy atom. The molecule has 0 aliphatic rings. The van der Waals surface area contributed by atoms with E-state index in [0.717, 1.165) is 10.6 Å². The van der Waals surface area contributed by atoms with E-state index in [1.54, 1.807) is 38.1 Å². The lowest BCUT2D eigenvalue weighted by Gasteiger charge is -2.29. The van der Waals surface area contributed by atoms with Crippen LogP contribution in [0, 0.1) is 0 Å². The van der Waals surface area contributed by atoms with Gasteiger partial charge in [-0.15, -0.1) is 0 Å². The second-order valence-corrected chi connectivity index (χ2v) is 5.73. The Balaban J connectivity index is 2.19. The first-order valence-corrected chi connectivity index (χ1v) is 7.16. The number of alkyl halides is 3.